The lowest BCUT2D eigenvalue weighted by atomic mass is 9.97. The van der Waals surface area contributed by atoms with Crippen LogP contribution in [0.2, 0.25) is 0 Å². The Labute approximate surface area is 123 Å². The Bertz CT molecular complexity index is 513. The number of halogens is 1. The maximum absolute atomic E-state index is 13.0. The molecular weight excluding hydrogens is 275 g/mol. The Kier molecular flexibility index (Phi) is 5.27. The number of amides is 1. The Morgan fingerprint density at radius 3 is 2.71 bits per heavy atom. The van der Waals surface area contributed by atoms with Gasteiger partial charge in [0.1, 0.15) is 5.82 Å². The van der Waals surface area contributed by atoms with Crippen LogP contribution in [-0.2, 0) is 14.3 Å². The molecule has 1 aliphatic rings. The van der Waals surface area contributed by atoms with Crippen molar-refractivity contribution in [2.45, 2.75) is 12.8 Å². The summed E-state index contributed by atoms with van der Waals surface area (Å²) < 4.78 is 17.7. The number of anilines is 1. The molecule has 0 aromatic heterocycles. The monoisotopic (exact) mass is 294 g/mol. The number of ether oxygens (including phenoxy) is 1. The van der Waals surface area contributed by atoms with Gasteiger partial charge in [0, 0.05) is 5.69 Å². The number of hydrogen-bond donors (Lipinski definition) is 1. The van der Waals surface area contributed by atoms with E-state index in [1.165, 1.54) is 19.2 Å². The van der Waals surface area contributed by atoms with E-state index in [9.17, 15) is 14.0 Å². The summed E-state index contributed by atoms with van der Waals surface area (Å²) in [4.78, 5) is 25.3. The molecule has 1 aliphatic heterocycles. The fourth-order valence-electron chi connectivity index (χ4n) is 2.46. The number of hydrogen-bond acceptors (Lipinski definition) is 4. The highest BCUT2D eigenvalue weighted by molar-refractivity contribution is 5.92. The van der Waals surface area contributed by atoms with E-state index in [-0.39, 0.29) is 30.2 Å². The quantitative estimate of drug-likeness (QED) is 0.858. The summed E-state index contributed by atoms with van der Waals surface area (Å²) in [6.07, 6.45) is 1.39. The van der Waals surface area contributed by atoms with Gasteiger partial charge in [0.2, 0.25) is 5.91 Å². The van der Waals surface area contributed by atoms with E-state index in [4.69, 9.17) is 4.74 Å². The topological polar surface area (TPSA) is 58.6 Å². The van der Waals surface area contributed by atoms with E-state index in [2.05, 4.69) is 5.32 Å². The Morgan fingerprint density at radius 1 is 1.38 bits per heavy atom. The summed E-state index contributed by atoms with van der Waals surface area (Å²) in [6, 6.07) is 5.80. The van der Waals surface area contributed by atoms with Crippen LogP contribution in [0.4, 0.5) is 10.1 Å². The summed E-state index contributed by atoms with van der Waals surface area (Å²) in [5, 5.41) is 2.66. The molecule has 21 heavy (non-hydrogen) atoms. The summed E-state index contributed by atoms with van der Waals surface area (Å²) >= 11 is 0. The number of esters is 1. The molecule has 0 aliphatic carbocycles. The number of rotatable bonds is 4. The fourth-order valence-corrected chi connectivity index (χ4v) is 2.46. The number of benzene rings is 1. The predicted molar refractivity (Wildman–Crippen MR) is 76.2 cm³/mol. The van der Waals surface area contributed by atoms with E-state index in [0.717, 1.165) is 0 Å². The number of nitrogens with zero attached hydrogens (tertiary/aromatic N) is 1. The van der Waals surface area contributed by atoms with Gasteiger partial charge in [-0.25, -0.2) is 4.39 Å². The SMILES string of the molecule is COC(=O)C1CCN(CC(=O)Nc2cccc(F)c2)CC1. The van der Waals surface area contributed by atoms with Gasteiger partial charge in [0.15, 0.2) is 0 Å². The molecule has 1 aromatic carbocycles. The third-order valence-corrected chi connectivity index (χ3v) is 3.60. The van der Waals surface area contributed by atoms with Crippen LogP contribution in [0.3, 0.4) is 0 Å². The number of carbonyl (C=O) groups excluding carboxylic acids is 2. The van der Waals surface area contributed by atoms with Crippen molar-refractivity contribution >= 4 is 17.6 Å². The van der Waals surface area contributed by atoms with Gasteiger partial charge in [0.05, 0.1) is 19.6 Å². The number of nitrogens with one attached hydrogen (secondary N) is 1. The Morgan fingerprint density at radius 2 is 2.10 bits per heavy atom. The molecule has 0 radical (unpaired) electrons. The van der Waals surface area contributed by atoms with Gasteiger partial charge in [-0.05, 0) is 44.1 Å². The average molecular weight is 294 g/mol. The molecule has 1 N–H and O–H groups in total. The van der Waals surface area contributed by atoms with E-state index in [1.54, 1.807) is 12.1 Å². The van der Waals surface area contributed by atoms with Crippen molar-refractivity contribution in [2.75, 3.05) is 32.1 Å². The van der Waals surface area contributed by atoms with Crippen molar-refractivity contribution in [3.63, 3.8) is 0 Å². The summed E-state index contributed by atoms with van der Waals surface area (Å²) in [7, 11) is 1.39. The Balaban J connectivity index is 1.78. The second-order valence-electron chi connectivity index (χ2n) is 5.13. The van der Waals surface area contributed by atoms with E-state index < -0.39 is 0 Å². The fraction of sp³-hybridized carbons (Fsp3) is 0.467. The minimum atomic E-state index is -0.383. The van der Waals surface area contributed by atoms with Crippen LogP contribution in [-0.4, -0.2) is 43.5 Å². The molecule has 0 saturated carbocycles. The molecule has 0 atom stereocenters. The van der Waals surface area contributed by atoms with E-state index >= 15 is 0 Å². The van der Waals surface area contributed by atoms with Crippen molar-refractivity contribution in [2.24, 2.45) is 5.92 Å². The van der Waals surface area contributed by atoms with Gasteiger partial charge in [-0.15, -0.1) is 0 Å². The minimum Gasteiger partial charge on any atom is -0.469 e. The first-order chi connectivity index (χ1) is 10.1. The zero-order valence-electron chi connectivity index (χ0n) is 12.0. The molecule has 1 heterocycles. The van der Waals surface area contributed by atoms with E-state index in [1.807, 2.05) is 4.90 Å². The molecule has 0 unspecified atom stereocenters. The van der Waals surface area contributed by atoms with Crippen LogP contribution < -0.4 is 5.32 Å². The lowest BCUT2D eigenvalue weighted by Crippen LogP contribution is -2.41. The van der Waals surface area contributed by atoms with Gasteiger partial charge in [-0.3, -0.25) is 14.5 Å². The first-order valence-electron chi connectivity index (χ1n) is 6.94. The molecule has 1 aromatic rings. The molecule has 114 valence electrons. The summed E-state index contributed by atoms with van der Waals surface area (Å²) in [5.74, 6) is -0.819. The lowest BCUT2D eigenvalue weighted by molar-refractivity contribution is -0.147. The summed E-state index contributed by atoms with van der Waals surface area (Å²) in [6.45, 7) is 1.59. The van der Waals surface area contributed by atoms with Crippen LogP contribution in [0.15, 0.2) is 24.3 Å². The van der Waals surface area contributed by atoms with Crippen molar-refractivity contribution in [3.05, 3.63) is 30.1 Å². The van der Waals surface area contributed by atoms with Crippen LogP contribution >= 0.6 is 0 Å². The van der Waals surface area contributed by atoms with Gasteiger partial charge in [-0.1, -0.05) is 6.07 Å². The van der Waals surface area contributed by atoms with Gasteiger partial charge < -0.3 is 10.1 Å². The number of likely N-dealkylation sites (tertiary alicyclic amines) is 1. The predicted octanol–water partition coefficient (Wildman–Crippen LogP) is 1.65. The first-order valence-corrected chi connectivity index (χ1v) is 6.94. The molecule has 1 amide bonds. The zero-order chi connectivity index (χ0) is 15.2. The average Bonchev–Trinajstić information content (AvgIpc) is 2.47. The van der Waals surface area contributed by atoms with Crippen molar-refractivity contribution in [1.82, 2.24) is 4.90 Å². The van der Waals surface area contributed by atoms with Crippen molar-refractivity contribution in [1.29, 1.82) is 0 Å². The van der Waals surface area contributed by atoms with Crippen molar-refractivity contribution in [3.8, 4) is 0 Å². The van der Waals surface area contributed by atoms with Gasteiger partial charge >= 0.3 is 5.97 Å². The number of methoxy groups -OCH3 is 1. The van der Waals surface area contributed by atoms with Gasteiger partial charge in [-0.2, -0.15) is 0 Å². The maximum Gasteiger partial charge on any atom is 0.308 e. The minimum absolute atomic E-state index is 0.0717. The molecule has 5 nitrogen and oxygen atoms in total. The molecule has 1 saturated heterocycles. The lowest BCUT2D eigenvalue weighted by Gasteiger charge is -2.29. The first kappa shape index (κ1) is 15.4. The number of piperidine rings is 1. The van der Waals surface area contributed by atoms with Crippen LogP contribution in [0.25, 0.3) is 0 Å². The van der Waals surface area contributed by atoms with Crippen molar-refractivity contribution < 1.29 is 18.7 Å². The third-order valence-electron chi connectivity index (χ3n) is 3.60. The largest absolute Gasteiger partial charge is 0.469 e. The van der Waals surface area contributed by atoms with Gasteiger partial charge in [0.25, 0.3) is 0 Å². The maximum atomic E-state index is 13.0. The number of carbonyl (C=O) groups is 2. The smallest absolute Gasteiger partial charge is 0.308 e. The molecular formula is C15H19FN2O3. The molecule has 2 rings (SSSR count). The highest BCUT2D eigenvalue weighted by Gasteiger charge is 2.26. The summed E-state index contributed by atoms with van der Waals surface area (Å²) in [5.41, 5.74) is 0.449. The second kappa shape index (κ2) is 7.17. The van der Waals surface area contributed by atoms with Crippen LogP contribution in [0.5, 0.6) is 0 Å². The van der Waals surface area contributed by atoms with E-state index in [0.29, 0.717) is 31.6 Å². The molecule has 0 bridgehead atoms. The third kappa shape index (κ3) is 4.53. The molecule has 1 fully saturated rings. The zero-order valence-corrected chi connectivity index (χ0v) is 12.0. The normalized spacial score (nSPS) is 16.5. The standard InChI is InChI=1S/C15H19FN2O3/c1-21-15(20)11-5-7-18(8-6-11)10-14(19)17-13-4-2-3-12(16)9-13/h2-4,9,11H,5-8,10H2,1H3,(H,17,19). The van der Waals surface area contributed by atoms with Crippen LogP contribution in [0, 0.1) is 11.7 Å². The highest BCUT2D eigenvalue weighted by Crippen LogP contribution is 2.18. The van der Waals surface area contributed by atoms with Crippen LogP contribution in [0.1, 0.15) is 12.8 Å². The highest BCUT2D eigenvalue weighted by atomic mass is 19.1. The second-order valence-corrected chi connectivity index (χ2v) is 5.13. The Hall–Kier alpha value is -1.95. The molecule has 0 spiro atoms. The molecule has 6 heteroatoms.